The molecule has 4 nitrogen and oxygen atoms in total. The molecule has 0 unspecified atom stereocenters. The number of anilines is 1. The van der Waals surface area contributed by atoms with Crippen LogP contribution in [0.2, 0.25) is 0 Å². The van der Waals surface area contributed by atoms with Crippen LogP contribution in [0, 0.1) is 0 Å². The molecule has 0 amide bonds. The molecule has 0 aliphatic carbocycles. The van der Waals surface area contributed by atoms with Gasteiger partial charge in [0.05, 0.1) is 0 Å². The predicted molar refractivity (Wildman–Crippen MR) is 60.4 cm³/mol. The van der Waals surface area contributed by atoms with E-state index in [1.165, 1.54) is 0 Å². The third-order valence-electron chi connectivity index (χ3n) is 1.43. The summed E-state index contributed by atoms with van der Waals surface area (Å²) < 4.78 is 28.1. The van der Waals surface area contributed by atoms with Gasteiger partial charge in [-0.15, -0.1) is 0 Å². The van der Waals surface area contributed by atoms with E-state index in [1.807, 2.05) is 0 Å². The molecule has 0 bridgehead atoms. The van der Waals surface area contributed by atoms with E-state index in [1.54, 1.807) is 31.2 Å². The van der Waals surface area contributed by atoms with Crippen LogP contribution < -0.4 is 9.44 Å². The Bertz CT molecular complexity index is 388. The Morgan fingerprint density at radius 3 is 2.36 bits per heavy atom. The van der Waals surface area contributed by atoms with Gasteiger partial charge in [-0.1, -0.05) is 22.9 Å². The zero-order chi connectivity index (χ0) is 10.6. The van der Waals surface area contributed by atoms with Crippen LogP contribution in [0.15, 0.2) is 28.7 Å². The van der Waals surface area contributed by atoms with Crippen LogP contribution in [-0.4, -0.2) is 15.0 Å². The molecule has 1 aromatic rings. The minimum absolute atomic E-state index is 0.367. The number of benzene rings is 1. The molecule has 6 heteroatoms. The van der Waals surface area contributed by atoms with E-state index in [0.29, 0.717) is 12.2 Å². The molecule has 0 radical (unpaired) electrons. The van der Waals surface area contributed by atoms with Crippen molar-refractivity contribution in [1.82, 2.24) is 4.72 Å². The molecule has 0 fully saturated rings. The molecule has 78 valence electrons. The first-order chi connectivity index (χ1) is 6.53. The largest absolute Gasteiger partial charge is 0.299 e. The summed E-state index contributed by atoms with van der Waals surface area (Å²) in [5, 5.41) is 0. The summed E-state index contributed by atoms with van der Waals surface area (Å²) in [6.07, 6.45) is 0. The Labute approximate surface area is 92.0 Å². The second kappa shape index (κ2) is 4.77. The van der Waals surface area contributed by atoms with E-state index in [-0.39, 0.29) is 0 Å². The number of nitrogens with one attached hydrogen (secondary N) is 2. The lowest BCUT2D eigenvalue weighted by Crippen LogP contribution is -2.29. The van der Waals surface area contributed by atoms with Crippen LogP contribution >= 0.6 is 15.9 Å². The van der Waals surface area contributed by atoms with Crippen molar-refractivity contribution >= 4 is 31.8 Å². The fraction of sp³-hybridized carbons (Fsp3) is 0.250. The minimum Gasteiger partial charge on any atom is -0.271 e. The zero-order valence-electron chi connectivity index (χ0n) is 7.62. The summed E-state index contributed by atoms with van der Waals surface area (Å²) in [6.45, 7) is 2.09. The molecule has 1 aromatic carbocycles. The van der Waals surface area contributed by atoms with Crippen LogP contribution in [-0.2, 0) is 10.2 Å². The Morgan fingerprint density at radius 1 is 1.29 bits per heavy atom. The quantitative estimate of drug-likeness (QED) is 0.881. The van der Waals surface area contributed by atoms with Gasteiger partial charge in [0.15, 0.2) is 0 Å². The van der Waals surface area contributed by atoms with Crippen LogP contribution in [0.25, 0.3) is 0 Å². The SMILES string of the molecule is CCNS(=O)(=O)Nc1ccc(Br)cc1. The summed E-state index contributed by atoms with van der Waals surface area (Å²) in [5.41, 5.74) is 0.536. The summed E-state index contributed by atoms with van der Waals surface area (Å²) in [6, 6.07) is 6.89. The second-order valence-electron chi connectivity index (χ2n) is 2.61. The van der Waals surface area contributed by atoms with Gasteiger partial charge in [0.25, 0.3) is 10.2 Å². The maximum absolute atomic E-state index is 11.3. The van der Waals surface area contributed by atoms with Gasteiger partial charge in [-0.3, -0.25) is 4.72 Å². The highest BCUT2D eigenvalue weighted by atomic mass is 79.9. The molecule has 0 aliphatic heterocycles. The molecule has 1 rings (SSSR count). The predicted octanol–water partition coefficient (Wildman–Crippen LogP) is 1.72. The average Bonchev–Trinajstić information content (AvgIpc) is 2.08. The highest BCUT2D eigenvalue weighted by molar-refractivity contribution is 9.10. The van der Waals surface area contributed by atoms with Gasteiger partial charge in [-0.25, -0.2) is 0 Å². The normalized spacial score (nSPS) is 11.3. The second-order valence-corrected chi connectivity index (χ2v) is 5.03. The molecule has 0 aliphatic rings. The van der Waals surface area contributed by atoms with Crippen molar-refractivity contribution in [3.63, 3.8) is 0 Å². The summed E-state index contributed by atoms with van der Waals surface area (Å²) in [4.78, 5) is 0. The molecule has 2 N–H and O–H groups in total. The molecule has 0 aromatic heterocycles. The number of hydrogen-bond donors (Lipinski definition) is 2. The number of hydrogen-bond acceptors (Lipinski definition) is 2. The van der Waals surface area contributed by atoms with Crippen molar-refractivity contribution in [2.75, 3.05) is 11.3 Å². The Kier molecular flexibility index (Phi) is 3.91. The van der Waals surface area contributed by atoms with Crippen LogP contribution in [0.5, 0.6) is 0 Å². The Balaban J connectivity index is 2.74. The van der Waals surface area contributed by atoms with E-state index >= 15 is 0 Å². The van der Waals surface area contributed by atoms with Gasteiger partial charge >= 0.3 is 0 Å². The molecule has 0 heterocycles. The van der Waals surface area contributed by atoms with Gasteiger partial charge in [-0.2, -0.15) is 13.1 Å². The summed E-state index contributed by atoms with van der Waals surface area (Å²) in [5.74, 6) is 0. The van der Waals surface area contributed by atoms with Crippen LogP contribution in [0.4, 0.5) is 5.69 Å². The Hall–Kier alpha value is -0.590. The number of halogens is 1. The number of rotatable bonds is 4. The molecular formula is C8H11BrN2O2S. The van der Waals surface area contributed by atoms with Crippen molar-refractivity contribution in [1.29, 1.82) is 0 Å². The maximum atomic E-state index is 11.3. The summed E-state index contributed by atoms with van der Waals surface area (Å²) >= 11 is 3.26. The first-order valence-corrected chi connectivity index (χ1v) is 6.34. The first kappa shape index (κ1) is 11.5. The monoisotopic (exact) mass is 278 g/mol. The molecule has 0 saturated heterocycles. The molecule has 0 saturated carbocycles. The topological polar surface area (TPSA) is 58.2 Å². The lowest BCUT2D eigenvalue weighted by atomic mass is 10.3. The fourth-order valence-corrected chi connectivity index (χ4v) is 2.06. The third-order valence-corrected chi connectivity index (χ3v) is 3.13. The van der Waals surface area contributed by atoms with Gasteiger partial charge in [0, 0.05) is 16.7 Å². The lowest BCUT2D eigenvalue weighted by molar-refractivity contribution is 0.589. The van der Waals surface area contributed by atoms with Crippen molar-refractivity contribution in [3.05, 3.63) is 28.7 Å². The van der Waals surface area contributed by atoms with Crippen molar-refractivity contribution in [2.45, 2.75) is 6.92 Å². The first-order valence-electron chi connectivity index (χ1n) is 4.06. The molecule has 0 atom stereocenters. The van der Waals surface area contributed by atoms with E-state index in [9.17, 15) is 8.42 Å². The molecule has 0 spiro atoms. The lowest BCUT2D eigenvalue weighted by Gasteiger charge is -2.07. The van der Waals surface area contributed by atoms with E-state index in [0.717, 1.165) is 4.47 Å². The smallest absolute Gasteiger partial charge is 0.271 e. The fourth-order valence-electron chi connectivity index (χ4n) is 0.899. The highest BCUT2D eigenvalue weighted by Gasteiger charge is 2.06. The van der Waals surface area contributed by atoms with Gasteiger partial charge in [0.2, 0.25) is 0 Å². The average molecular weight is 279 g/mol. The van der Waals surface area contributed by atoms with E-state index in [2.05, 4.69) is 25.4 Å². The van der Waals surface area contributed by atoms with Crippen molar-refractivity contribution in [2.24, 2.45) is 0 Å². The maximum Gasteiger partial charge on any atom is 0.299 e. The standard InChI is InChI=1S/C8H11BrN2O2S/c1-2-10-14(12,13)11-8-5-3-7(9)4-6-8/h3-6,10-11H,2H2,1H3. The van der Waals surface area contributed by atoms with E-state index in [4.69, 9.17) is 0 Å². The molecular weight excluding hydrogens is 268 g/mol. The minimum atomic E-state index is -3.41. The van der Waals surface area contributed by atoms with E-state index < -0.39 is 10.2 Å². The highest BCUT2D eigenvalue weighted by Crippen LogP contribution is 2.14. The van der Waals surface area contributed by atoms with Crippen molar-refractivity contribution in [3.8, 4) is 0 Å². The third kappa shape index (κ3) is 3.65. The zero-order valence-corrected chi connectivity index (χ0v) is 10.0. The summed E-state index contributed by atoms with van der Waals surface area (Å²) in [7, 11) is -3.41. The van der Waals surface area contributed by atoms with Crippen LogP contribution in [0.1, 0.15) is 6.92 Å². The van der Waals surface area contributed by atoms with Gasteiger partial charge < -0.3 is 0 Å². The van der Waals surface area contributed by atoms with Gasteiger partial charge in [-0.05, 0) is 24.3 Å². The van der Waals surface area contributed by atoms with Crippen molar-refractivity contribution < 1.29 is 8.42 Å². The molecule has 14 heavy (non-hydrogen) atoms. The Morgan fingerprint density at radius 2 is 1.86 bits per heavy atom. The van der Waals surface area contributed by atoms with Crippen LogP contribution in [0.3, 0.4) is 0 Å². The van der Waals surface area contributed by atoms with Gasteiger partial charge in [0.1, 0.15) is 0 Å².